The Morgan fingerprint density at radius 1 is 1.55 bits per heavy atom. The van der Waals surface area contributed by atoms with Crippen LogP contribution in [0, 0.1) is 5.92 Å². The summed E-state index contributed by atoms with van der Waals surface area (Å²) in [5.41, 5.74) is 5.46. The summed E-state index contributed by atoms with van der Waals surface area (Å²) in [6.07, 6.45) is 2.75. The molecule has 1 atom stereocenters. The van der Waals surface area contributed by atoms with E-state index in [0.29, 0.717) is 13.2 Å². The van der Waals surface area contributed by atoms with Crippen LogP contribution in [0.25, 0.3) is 0 Å². The summed E-state index contributed by atoms with van der Waals surface area (Å²) in [4.78, 5) is 0. The third kappa shape index (κ3) is 3.70. The van der Waals surface area contributed by atoms with Crippen LogP contribution >= 0.6 is 0 Å². The van der Waals surface area contributed by atoms with E-state index < -0.39 is 0 Å². The van der Waals surface area contributed by atoms with E-state index in [1.165, 1.54) is 12.8 Å². The highest BCUT2D eigenvalue weighted by Crippen LogP contribution is 2.29. The Hall–Kier alpha value is -0.120. The van der Waals surface area contributed by atoms with Crippen molar-refractivity contribution in [3.63, 3.8) is 0 Å². The number of hydrogen-bond acceptors (Lipinski definition) is 3. The lowest BCUT2D eigenvalue weighted by Gasteiger charge is -2.14. The van der Waals surface area contributed by atoms with Gasteiger partial charge in [-0.3, -0.25) is 0 Å². The zero-order chi connectivity index (χ0) is 8.10. The molecule has 11 heavy (non-hydrogen) atoms. The summed E-state index contributed by atoms with van der Waals surface area (Å²) >= 11 is 0. The minimum atomic E-state index is 0.0978. The molecule has 3 nitrogen and oxygen atoms in total. The molecule has 1 aliphatic rings. The van der Waals surface area contributed by atoms with Gasteiger partial charge in [0.05, 0.1) is 12.7 Å². The van der Waals surface area contributed by atoms with Gasteiger partial charge in [-0.2, -0.15) is 0 Å². The maximum Gasteiger partial charge on any atom is 0.0930 e. The minimum absolute atomic E-state index is 0.0978. The molecule has 0 amide bonds. The topological polar surface area (TPSA) is 44.5 Å². The molecule has 0 aliphatic heterocycles. The standard InChI is InChI=1S/C8H17NO2/c1-10-6-8(4-9)11-5-7-2-3-7/h7-8H,2-6,9H2,1H3. The van der Waals surface area contributed by atoms with Crippen LogP contribution < -0.4 is 5.73 Å². The molecule has 2 N–H and O–H groups in total. The zero-order valence-corrected chi connectivity index (χ0v) is 7.08. The van der Waals surface area contributed by atoms with Crippen molar-refractivity contribution in [2.75, 3.05) is 26.9 Å². The van der Waals surface area contributed by atoms with Gasteiger partial charge in [-0.1, -0.05) is 0 Å². The second-order valence-electron chi connectivity index (χ2n) is 3.09. The molecule has 0 aromatic rings. The lowest BCUT2D eigenvalue weighted by Crippen LogP contribution is -2.29. The summed E-state index contributed by atoms with van der Waals surface area (Å²) in [5.74, 6) is 0.806. The molecule has 0 bridgehead atoms. The van der Waals surface area contributed by atoms with Crippen molar-refractivity contribution in [2.45, 2.75) is 18.9 Å². The predicted octanol–water partition coefficient (Wildman–Crippen LogP) is 0.387. The Bertz CT molecular complexity index is 104. The summed E-state index contributed by atoms with van der Waals surface area (Å²) in [6, 6.07) is 0. The molecule has 1 aliphatic carbocycles. The maximum atomic E-state index is 5.51. The number of hydrogen-bond donors (Lipinski definition) is 1. The molecule has 0 aromatic carbocycles. The molecular weight excluding hydrogens is 142 g/mol. The molecule has 1 rings (SSSR count). The van der Waals surface area contributed by atoms with E-state index >= 15 is 0 Å². The smallest absolute Gasteiger partial charge is 0.0930 e. The lowest BCUT2D eigenvalue weighted by atomic mass is 10.4. The number of rotatable bonds is 6. The van der Waals surface area contributed by atoms with E-state index in [4.69, 9.17) is 15.2 Å². The van der Waals surface area contributed by atoms with Crippen LogP contribution in [-0.2, 0) is 9.47 Å². The minimum Gasteiger partial charge on any atom is -0.382 e. The van der Waals surface area contributed by atoms with Gasteiger partial charge in [0.15, 0.2) is 0 Å². The van der Waals surface area contributed by atoms with Crippen molar-refractivity contribution in [3.05, 3.63) is 0 Å². The second-order valence-corrected chi connectivity index (χ2v) is 3.09. The SMILES string of the molecule is COCC(CN)OCC1CC1. The van der Waals surface area contributed by atoms with Crippen LogP contribution in [0.3, 0.4) is 0 Å². The average molecular weight is 159 g/mol. The molecule has 1 fully saturated rings. The first-order valence-electron chi connectivity index (χ1n) is 4.17. The van der Waals surface area contributed by atoms with E-state index in [2.05, 4.69) is 0 Å². The zero-order valence-electron chi connectivity index (χ0n) is 7.08. The number of ether oxygens (including phenoxy) is 2. The van der Waals surface area contributed by atoms with Gasteiger partial charge in [0.1, 0.15) is 0 Å². The van der Waals surface area contributed by atoms with Gasteiger partial charge in [0, 0.05) is 20.3 Å². The highest BCUT2D eigenvalue weighted by Gasteiger charge is 2.22. The molecule has 1 saturated carbocycles. The van der Waals surface area contributed by atoms with Gasteiger partial charge in [-0.15, -0.1) is 0 Å². The second kappa shape index (κ2) is 4.70. The Kier molecular flexibility index (Phi) is 3.83. The largest absolute Gasteiger partial charge is 0.382 e. The van der Waals surface area contributed by atoms with Crippen LogP contribution in [0.2, 0.25) is 0 Å². The highest BCUT2D eigenvalue weighted by atomic mass is 16.5. The van der Waals surface area contributed by atoms with Gasteiger partial charge in [-0.05, 0) is 18.8 Å². The molecule has 1 unspecified atom stereocenters. The molecule has 0 heterocycles. The number of methoxy groups -OCH3 is 1. The van der Waals surface area contributed by atoms with Crippen LogP contribution in [0.5, 0.6) is 0 Å². The Labute approximate surface area is 67.9 Å². The van der Waals surface area contributed by atoms with E-state index in [1.807, 2.05) is 0 Å². The number of nitrogens with two attached hydrogens (primary N) is 1. The molecule has 0 spiro atoms. The van der Waals surface area contributed by atoms with Gasteiger partial charge >= 0.3 is 0 Å². The van der Waals surface area contributed by atoms with E-state index in [-0.39, 0.29) is 6.10 Å². The first-order valence-corrected chi connectivity index (χ1v) is 4.17. The van der Waals surface area contributed by atoms with Crippen molar-refractivity contribution >= 4 is 0 Å². The molecule has 66 valence electrons. The van der Waals surface area contributed by atoms with Crippen LogP contribution in [0.4, 0.5) is 0 Å². The van der Waals surface area contributed by atoms with Crippen molar-refractivity contribution in [2.24, 2.45) is 11.7 Å². The summed E-state index contributed by atoms with van der Waals surface area (Å²) < 4.78 is 10.4. The van der Waals surface area contributed by atoms with E-state index in [1.54, 1.807) is 7.11 Å². The summed E-state index contributed by atoms with van der Waals surface area (Å²) in [7, 11) is 1.67. The summed E-state index contributed by atoms with van der Waals surface area (Å²) in [6.45, 7) is 2.04. The van der Waals surface area contributed by atoms with Crippen LogP contribution in [0.15, 0.2) is 0 Å². The maximum absolute atomic E-state index is 5.51. The van der Waals surface area contributed by atoms with E-state index in [0.717, 1.165) is 12.5 Å². The van der Waals surface area contributed by atoms with Gasteiger partial charge < -0.3 is 15.2 Å². The quantitative estimate of drug-likeness (QED) is 0.609. The Balaban J connectivity index is 1.98. The first kappa shape index (κ1) is 8.97. The monoisotopic (exact) mass is 159 g/mol. The van der Waals surface area contributed by atoms with Crippen molar-refractivity contribution in [3.8, 4) is 0 Å². The normalized spacial score (nSPS) is 20.2. The first-order chi connectivity index (χ1) is 5.36. The van der Waals surface area contributed by atoms with E-state index in [9.17, 15) is 0 Å². The highest BCUT2D eigenvalue weighted by molar-refractivity contribution is 4.73. The third-order valence-corrected chi connectivity index (χ3v) is 1.88. The van der Waals surface area contributed by atoms with Crippen LogP contribution in [-0.4, -0.2) is 33.0 Å². The molecule has 3 heteroatoms. The average Bonchev–Trinajstić information content (AvgIpc) is 2.81. The molecule has 0 radical (unpaired) electrons. The fourth-order valence-electron chi connectivity index (χ4n) is 0.927. The van der Waals surface area contributed by atoms with Crippen LogP contribution in [0.1, 0.15) is 12.8 Å². The van der Waals surface area contributed by atoms with Gasteiger partial charge in [0.2, 0.25) is 0 Å². The fourth-order valence-corrected chi connectivity index (χ4v) is 0.927. The fraction of sp³-hybridized carbons (Fsp3) is 1.00. The molecule has 0 aromatic heterocycles. The van der Waals surface area contributed by atoms with Gasteiger partial charge in [0.25, 0.3) is 0 Å². The third-order valence-electron chi connectivity index (χ3n) is 1.88. The van der Waals surface area contributed by atoms with Crippen molar-refractivity contribution in [1.29, 1.82) is 0 Å². The Morgan fingerprint density at radius 2 is 2.27 bits per heavy atom. The summed E-state index contributed by atoms with van der Waals surface area (Å²) in [5, 5.41) is 0. The molecular formula is C8H17NO2. The Morgan fingerprint density at radius 3 is 2.73 bits per heavy atom. The predicted molar refractivity (Wildman–Crippen MR) is 43.4 cm³/mol. The molecule has 0 saturated heterocycles. The van der Waals surface area contributed by atoms with Crippen molar-refractivity contribution in [1.82, 2.24) is 0 Å². The van der Waals surface area contributed by atoms with Crippen molar-refractivity contribution < 1.29 is 9.47 Å². The van der Waals surface area contributed by atoms with Gasteiger partial charge in [-0.25, -0.2) is 0 Å². The lowest BCUT2D eigenvalue weighted by molar-refractivity contribution is -0.00101.